The number of nitrogens with two attached hydrogens (primary N) is 1. The van der Waals surface area contributed by atoms with E-state index in [1.54, 1.807) is 23.2 Å². The Kier molecular flexibility index (Phi) is 3.53. The van der Waals surface area contributed by atoms with Gasteiger partial charge in [0.1, 0.15) is 17.4 Å². The van der Waals surface area contributed by atoms with Crippen molar-refractivity contribution in [3.63, 3.8) is 0 Å². The fourth-order valence-corrected chi connectivity index (χ4v) is 2.23. The van der Waals surface area contributed by atoms with Gasteiger partial charge in [0.05, 0.1) is 30.5 Å². The number of hydrogen-bond acceptors (Lipinski definition) is 3. The number of nitrogens with zero attached hydrogens (tertiary/aromatic N) is 2. The van der Waals surface area contributed by atoms with Gasteiger partial charge in [-0.25, -0.2) is 13.8 Å². The fraction of sp³-hybridized carbons (Fsp3) is 0.133. The maximum Gasteiger partial charge on any atom is 0.135 e. The van der Waals surface area contributed by atoms with Crippen molar-refractivity contribution in [3.8, 4) is 11.3 Å². The van der Waals surface area contributed by atoms with Crippen molar-refractivity contribution in [2.75, 3.05) is 0 Å². The first-order chi connectivity index (χ1) is 10.2. The lowest BCUT2D eigenvalue weighted by molar-refractivity contribution is 0.489. The van der Waals surface area contributed by atoms with Crippen LogP contribution in [-0.2, 0) is 13.1 Å². The molecule has 0 fully saturated rings. The quantitative estimate of drug-likeness (QED) is 0.803. The van der Waals surface area contributed by atoms with E-state index in [-0.39, 0.29) is 12.1 Å². The molecule has 2 aromatic heterocycles. The molecule has 0 aliphatic carbocycles. The van der Waals surface area contributed by atoms with E-state index in [0.717, 1.165) is 11.8 Å². The molecule has 4 nitrogen and oxygen atoms in total. The minimum Gasteiger partial charge on any atom is -0.467 e. The predicted molar refractivity (Wildman–Crippen MR) is 73.3 cm³/mol. The highest BCUT2D eigenvalue weighted by Crippen LogP contribution is 2.26. The van der Waals surface area contributed by atoms with E-state index in [1.165, 1.54) is 12.1 Å². The molecule has 2 N–H and O–H groups in total. The summed E-state index contributed by atoms with van der Waals surface area (Å²) in [6.45, 7) is 0.641. The van der Waals surface area contributed by atoms with E-state index in [1.807, 2.05) is 6.07 Å². The van der Waals surface area contributed by atoms with Gasteiger partial charge in [-0.3, -0.25) is 0 Å². The van der Waals surface area contributed by atoms with Gasteiger partial charge < -0.3 is 14.7 Å². The molecule has 0 saturated heterocycles. The van der Waals surface area contributed by atoms with Crippen LogP contribution in [-0.4, -0.2) is 9.55 Å². The second kappa shape index (κ2) is 5.49. The third-order valence-corrected chi connectivity index (χ3v) is 3.23. The summed E-state index contributed by atoms with van der Waals surface area (Å²) >= 11 is 0. The molecule has 2 heterocycles. The van der Waals surface area contributed by atoms with Crippen LogP contribution in [0.1, 0.15) is 11.5 Å². The minimum atomic E-state index is -0.659. The van der Waals surface area contributed by atoms with E-state index in [0.29, 0.717) is 17.9 Å². The van der Waals surface area contributed by atoms with Crippen molar-refractivity contribution >= 4 is 0 Å². The summed E-state index contributed by atoms with van der Waals surface area (Å²) in [5.74, 6) is -0.540. The molecule has 0 bridgehead atoms. The summed E-state index contributed by atoms with van der Waals surface area (Å²) < 4.78 is 34.0. The first-order valence-corrected chi connectivity index (χ1v) is 6.41. The molecule has 0 atom stereocenters. The summed E-state index contributed by atoms with van der Waals surface area (Å²) in [5.41, 5.74) is 7.07. The Morgan fingerprint density at radius 2 is 2.10 bits per heavy atom. The summed E-state index contributed by atoms with van der Waals surface area (Å²) in [7, 11) is 0. The fourth-order valence-electron chi connectivity index (χ4n) is 2.23. The Bertz CT molecular complexity index is 750. The lowest BCUT2D eigenvalue weighted by Gasteiger charge is -2.07. The zero-order chi connectivity index (χ0) is 14.8. The Balaban J connectivity index is 2.01. The number of halogens is 2. The smallest absolute Gasteiger partial charge is 0.135 e. The molecule has 0 radical (unpaired) electrons. The van der Waals surface area contributed by atoms with Crippen molar-refractivity contribution in [2.24, 2.45) is 5.73 Å². The Labute approximate surface area is 119 Å². The van der Waals surface area contributed by atoms with Gasteiger partial charge in [0, 0.05) is 18.2 Å². The highest BCUT2D eigenvalue weighted by atomic mass is 19.1. The van der Waals surface area contributed by atoms with E-state index < -0.39 is 11.6 Å². The molecule has 0 spiro atoms. The van der Waals surface area contributed by atoms with Crippen LogP contribution in [0.2, 0.25) is 0 Å². The van der Waals surface area contributed by atoms with Gasteiger partial charge in [-0.15, -0.1) is 0 Å². The largest absolute Gasteiger partial charge is 0.467 e. The van der Waals surface area contributed by atoms with Crippen LogP contribution < -0.4 is 5.73 Å². The summed E-state index contributed by atoms with van der Waals surface area (Å²) in [6, 6.07) is 7.02. The Morgan fingerprint density at radius 3 is 2.76 bits per heavy atom. The number of furan rings is 1. The van der Waals surface area contributed by atoms with Crippen molar-refractivity contribution in [3.05, 3.63) is 66.0 Å². The van der Waals surface area contributed by atoms with Crippen LogP contribution in [0.3, 0.4) is 0 Å². The molecule has 0 saturated carbocycles. The van der Waals surface area contributed by atoms with Gasteiger partial charge in [-0.1, -0.05) is 0 Å². The van der Waals surface area contributed by atoms with Crippen molar-refractivity contribution < 1.29 is 13.2 Å². The maximum absolute atomic E-state index is 13.9. The highest BCUT2D eigenvalue weighted by Gasteiger charge is 2.16. The number of hydrogen-bond donors (Lipinski definition) is 1. The van der Waals surface area contributed by atoms with Crippen molar-refractivity contribution in [1.82, 2.24) is 9.55 Å². The second-order valence-electron chi connectivity index (χ2n) is 4.58. The lowest BCUT2D eigenvalue weighted by Crippen LogP contribution is -2.08. The van der Waals surface area contributed by atoms with Gasteiger partial charge in [-0.2, -0.15) is 0 Å². The molecular formula is C15H13F2N3O. The molecule has 6 heteroatoms. The average molecular weight is 289 g/mol. The van der Waals surface area contributed by atoms with E-state index >= 15 is 0 Å². The Hall–Kier alpha value is -2.47. The van der Waals surface area contributed by atoms with Crippen molar-refractivity contribution in [1.29, 1.82) is 0 Å². The monoisotopic (exact) mass is 289 g/mol. The second-order valence-corrected chi connectivity index (χ2v) is 4.58. The van der Waals surface area contributed by atoms with Crippen LogP contribution in [0.15, 0.2) is 47.3 Å². The summed E-state index contributed by atoms with van der Waals surface area (Å²) in [6.07, 6.45) is 3.15. The number of rotatable bonds is 4. The average Bonchev–Trinajstić information content (AvgIpc) is 3.09. The van der Waals surface area contributed by atoms with Crippen LogP contribution in [0.25, 0.3) is 11.3 Å². The molecule has 3 rings (SSSR count). The van der Waals surface area contributed by atoms with Gasteiger partial charge in [-0.05, 0) is 24.3 Å². The lowest BCUT2D eigenvalue weighted by atomic mass is 10.1. The van der Waals surface area contributed by atoms with Crippen LogP contribution >= 0.6 is 0 Å². The molecule has 1 aromatic carbocycles. The number of imidazole rings is 1. The van der Waals surface area contributed by atoms with Gasteiger partial charge in [0.15, 0.2) is 0 Å². The molecule has 21 heavy (non-hydrogen) atoms. The van der Waals surface area contributed by atoms with Crippen LogP contribution in [0, 0.1) is 11.6 Å². The Morgan fingerprint density at radius 1 is 1.24 bits per heavy atom. The topological polar surface area (TPSA) is 57.0 Å². The van der Waals surface area contributed by atoms with E-state index in [4.69, 9.17) is 10.2 Å². The zero-order valence-electron chi connectivity index (χ0n) is 11.1. The first-order valence-electron chi connectivity index (χ1n) is 6.41. The van der Waals surface area contributed by atoms with Gasteiger partial charge in [0.2, 0.25) is 0 Å². The molecule has 3 aromatic rings. The normalized spacial score (nSPS) is 11.0. The van der Waals surface area contributed by atoms with Crippen LogP contribution in [0.4, 0.5) is 8.78 Å². The molecular weight excluding hydrogens is 276 g/mol. The molecule has 0 aliphatic heterocycles. The molecule has 0 unspecified atom stereocenters. The minimum absolute atomic E-state index is 0.187. The van der Waals surface area contributed by atoms with Gasteiger partial charge in [0.25, 0.3) is 0 Å². The summed E-state index contributed by atoms with van der Waals surface area (Å²) in [4.78, 5) is 4.21. The molecule has 0 aliphatic rings. The standard InChI is InChI=1S/C15H13F2N3O/c16-10-3-4-12(13(17)6-10)15-14(7-18)20(9-19-15)8-11-2-1-5-21-11/h1-6,9H,7-8,18H2. The van der Waals surface area contributed by atoms with E-state index in [2.05, 4.69) is 4.98 Å². The number of benzene rings is 1. The van der Waals surface area contributed by atoms with Crippen molar-refractivity contribution in [2.45, 2.75) is 13.1 Å². The number of aromatic nitrogens is 2. The SMILES string of the molecule is NCc1c(-c2ccc(F)cc2F)ncn1Cc1ccco1. The van der Waals surface area contributed by atoms with Gasteiger partial charge >= 0.3 is 0 Å². The predicted octanol–water partition coefficient (Wildman–Crippen LogP) is 2.93. The maximum atomic E-state index is 13.9. The third kappa shape index (κ3) is 2.57. The highest BCUT2D eigenvalue weighted by molar-refractivity contribution is 5.62. The molecule has 0 amide bonds. The first kappa shape index (κ1) is 13.5. The molecule has 108 valence electrons. The third-order valence-electron chi connectivity index (χ3n) is 3.23. The van der Waals surface area contributed by atoms with E-state index in [9.17, 15) is 8.78 Å². The summed E-state index contributed by atoms with van der Waals surface area (Å²) in [5, 5.41) is 0. The van der Waals surface area contributed by atoms with Crippen LogP contribution in [0.5, 0.6) is 0 Å². The zero-order valence-corrected chi connectivity index (χ0v) is 11.1.